The Morgan fingerprint density at radius 1 is 0.786 bits per heavy atom. The number of ketones is 1. The van der Waals surface area contributed by atoms with Crippen LogP contribution in [-0.4, -0.2) is 105 Å². The molecule has 0 aromatic heterocycles. The van der Waals surface area contributed by atoms with Crippen molar-refractivity contribution in [3.8, 4) is 0 Å². The largest absolute Gasteiger partial charge is 0.462 e. The Hall–Kier alpha value is -3.63. The molecule has 16 heteroatoms. The Kier molecular flexibility index (Phi) is 7.12. The van der Waals surface area contributed by atoms with Gasteiger partial charge in [0.2, 0.25) is 5.60 Å². The van der Waals surface area contributed by atoms with E-state index in [-0.39, 0.29) is 19.3 Å². The van der Waals surface area contributed by atoms with Crippen LogP contribution >= 0.6 is 0 Å². The molecule has 0 aromatic carbocycles. The summed E-state index contributed by atoms with van der Waals surface area (Å²) < 4.78 is 43.1. The lowest BCUT2D eigenvalue weighted by atomic mass is 9.35. The Balaban J connectivity index is 1.34. The molecule has 0 radical (unpaired) electrons. The predicted molar refractivity (Wildman–Crippen MR) is 182 cm³/mol. The fraction of sp³-hybridized carbons (Fsp3) is 0.825. The van der Waals surface area contributed by atoms with E-state index >= 15 is 4.79 Å². The zero-order valence-corrected chi connectivity index (χ0v) is 33.2. The Morgan fingerprint density at radius 2 is 1.38 bits per heavy atom. The third-order valence-electron chi connectivity index (χ3n) is 17.2. The smallest absolute Gasteiger partial charge is 0.353 e. The molecule has 2 N–H and O–H groups in total. The Morgan fingerprint density at radius 3 is 1.95 bits per heavy atom. The van der Waals surface area contributed by atoms with E-state index in [2.05, 4.69) is 0 Å². The van der Waals surface area contributed by atoms with Crippen LogP contribution in [-0.2, 0) is 66.7 Å². The second-order valence-electron chi connectivity index (χ2n) is 19.3. The van der Waals surface area contributed by atoms with E-state index in [1.165, 1.54) is 27.7 Å². The van der Waals surface area contributed by atoms with Gasteiger partial charge in [0.25, 0.3) is 5.79 Å². The van der Waals surface area contributed by atoms with Gasteiger partial charge in [0.15, 0.2) is 11.9 Å². The first kappa shape index (κ1) is 37.9. The van der Waals surface area contributed by atoms with Gasteiger partial charge in [-0.1, -0.05) is 20.8 Å². The number of esters is 6. The highest BCUT2D eigenvalue weighted by Gasteiger charge is 3.03. The fourth-order valence-electron chi connectivity index (χ4n) is 15.7. The monoisotopic (exact) mass is 786 g/mol. The first-order valence-corrected chi connectivity index (χ1v) is 19.6. The van der Waals surface area contributed by atoms with Gasteiger partial charge < -0.3 is 43.4 Å². The molecule has 306 valence electrons. The molecule has 7 saturated carbocycles. The lowest BCUT2D eigenvalue weighted by Gasteiger charge is -2.68. The molecule has 7 aliphatic carbocycles. The number of ether oxygens (including phenoxy) is 7. The summed E-state index contributed by atoms with van der Waals surface area (Å²) in [5.41, 5.74) is -10.8. The minimum atomic E-state index is -1.98. The second-order valence-corrected chi connectivity index (χ2v) is 19.3. The zero-order valence-electron chi connectivity index (χ0n) is 33.2. The number of carbonyl (C=O) groups excluding carboxylic acids is 7. The number of aliphatic hydroxyl groups is 2. The molecule has 0 aromatic rings. The summed E-state index contributed by atoms with van der Waals surface area (Å²) in [6, 6.07) is 0. The van der Waals surface area contributed by atoms with Gasteiger partial charge in [-0.3, -0.25) is 28.8 Å². The van der Waals surface area contributed by atoms with E-state index in [0.717, 1.165) is 13.8 Å². The molecule has 2 bridgehead atoms. The van der Waals surface area contributed by atoms with Crippen molar-refractivity contribution < 1.29 is 76.9 Å². The van der Waals surface area contributed by atoms with Crippen molar-refractivity contribution >= 4 is 41.6 Å². The molecule has 2 aliphatic heterocycles. The summed E-state index contributed by atoms with van der Waals surface area (Å²) in [7, 11) is 0. The van der Waals surface area contributed by atoms with Gasteiger partial charge in [-0.2, -0.15) is 0 Å². The minimum Gasteiger partial charge on any atom is -0.462 e. The topological polar surface area (TPSA) is 228 Å². The highest BCUT2D eigenvalue weighted by Crippen LogP contribution is 2.93. The second kappa shape index (κ2) is 10.5. The van der Waals surface area contributed by atoms with Gasteiger partial charge in [0, 0.05) is 81.0 Å². The van der Waals surface area contributed by atoms with Crippen LogP contribution in [0, 0.1) is 63.1 Å². The van der Waals surface area contributed by atoms with Crippen molar-refractivity contribution in [3.05, 3.63) is 0 Å². The summed E-state index contributed by atoms with van der Waals surface area (Å²) in [6.07, 6.45) is -5.92. The molecular formula is C40H50O16. The minimum absolute atomic E-state index is 0.0352. The molecular weight excluding hydrogens is 736 g/mol. The SMILES string of the molecule is CC(=O)O[C@H]1[C@H]2[C@H]([C@@H]3[C@@]4(O)C[C@@]5([C@H](C)[C@H]6O[C@]67OC(=O)[C@@](C)(OC(C)=O)[C@]7(C)[C@H]45)[C@@]3(C)[C@H]1OC(C)=O)[C@@H](OC(C)=O)C(=O)[C@H]1C[C@@]3(O)C[C@@H]3[C@H](OC(C)=O)[C@]21C. The molecule has 16 nitrogen and oxygen atoms in total. The van der Waals surface area contributed by atoms with Crippen molar-refractivity contribution in [1.82, 2.24) is 0 Å². The third kappa shape index (κ3) is 3.77. The third-order valence-corrected chi connectivity index (χ3v) is 17.2. The normalized spacial score (nSPS) is 57.1. The number of hydrogen-bond acceptors (Lipinski definition) is 16. The maximum absolute atomic E-state index is 15.2. The molecule has 20 atom stereocenters. The summed E-state index contributed by atoms with van der Waals surface area (Å²) >= 11 is 0. The van der Waals surface area contributed by atoms with Gasteiger partial charge in [-0.05, 0) is 44.4 Å². The number of hydrogen-bond donors (Lipinski definition) is 2. The average Bonchev–Trinajstić information content (AvgIpc) is 3.91. The summed E-state index contributed by atoms with van der Waals surface area (Å²) in [4.78, 5) is 94.7. The molecule has 2 heterocycles. The molecule has 9 aliphatic rings. The van der Waals surface area contributed by atoms with Crippen molar-refractivity contribution in [3.63, 3.8) is 0 Å². The zero-order chi connectivity index (χ0) is 41.0. The molecule has 56 heavy (non-hydrogen) atoms. The first-order chi connectivity index (χ1) is 25.8. The summed E-state index contributed by atoms with van der Waals surface area (Å²) in [6.45, 7) is 14.5. The van der Waals surface area contributed by atoms with Crippen molar-refractivity contribution in [2.45, 2.75) is 142 Å². The van der Waals surface area contributed by atoms with Gasteiger partial charge in [0.1, 0.15) is 24.4 Å². The van der Waals surface area contributed by atoms with Crippen LogP contribution in [0.25, 0.3) is 0 Å². The van der Waals surface area contributed by atoms with Crippen LogP contribution in [0.5, 0.6) is 0 Å². The van der Waals surface area contributed by atoms with Crippen LogP contribution in [0.4, 0.5) is 0 Å². The van der Waals surface area contributed by atoms with E-state index in [0.29, 0.717) is 0 Å². The van der Waals surface area contributed by atoms with Crippen molar-refractivity contribution in [2.24, 2.45) is 63.1 Å². The molecule has 1 spiro atoms. The highest BCUT2D eigenvalue weighted by molar-refractivity contribution is 5.91. The molecule has 9 fully saturated rings. The highest BCUT2D eigenvalue weighted by atomic mass is 16.8. The van der Waals surface area contributed by atoms with E-state index < -0.39 is 158 Å². The Labute approximate surface area is 322 Å². The molecule has 0 amide bonds. The maximum atomic E-state index is 15.2. The van der Waals surface area contributed by atoms with Gasteiger partial charge in [-0.15, -0.1) is 0 Å². The van der Waals surface area contributed by atoms with Crippen LogP contribution in [0.3, 0.4) is 0 Å². The van der Waals surface area contributed by atoms with Crippen LogP contribution in [0.15, 0.2) is 0 Å². The summed E-state index contributed by atoms with van der Waals surface area (Å²) in [5, 5.41) is 25.4. The molecule has 0 unspecified atom stereocenters. The number of carbonyl (C=O) groups is 7. The molecule has 9 rings (SSSR count). The van der Waals surface area contributed by atoms with Gasteiger partial charge >= 0.3 is 35.8 Å². The molecule has 2 saturated heterocycles. The van der Waals surface area contributed by atoms with E-state index in [1.807, 2.05) is 13.8 Å². The van der Waals surface area contributed by atoms with E-state index in [4.69, 9.17) is 33.2 Å². The van der Waals surface area contributed by atoms with Gasteiger partial charge in [-0.25, -0.2) is 4.79 Å². The van der Waals surface area contributed by atoms with E-state index in [9.17, 15) is 39.0 Å². The van der Waals surface area contributed by atoms with Crippen LogP contribution in [0.2, 0.25) is 0 Å². The summed E-state index contributed by atoms with van der Waals surface area (Å²) in [5.74, 6) is -13.3. The van der Waals surface area contributed by atoms with Crippen LogP contribution < -0.4 is 0 Å². The lowest BCUT2D eigenvalue weighted by molar-refractivity contribution is -0.296. The van der Waals surface area contributed by atoms with Crippen molar-refractivity contribution in [2.75, 3.05) is 0 Å². The number of Topliss-reactive ketones (excluding diaryl/α,β-unsaturated/α-hetero) is 1. The number of rotatable bonds is 5. The first-order valence-electron chi connectivity index (χ1n) is 19.6. The predicted octanol–water partition coefficient (Wildman–Crippen LogP) is 1.32. The average molecular weight is 787 g/mol. The number of epoxide rings is 1. The number of fused-ring (bicyclic) bond motifs is 7. The van der Waals surface area contributed by atoms with Crippen molar-refractivity contribution in [1.29, 1.82) is 0 Å². The standard InChI is InChI=1S/C40H50O16/c1-14-28-40(55-28)35(9,36(10,32(47)56-40)54-19(6)45)31-38(14)13-39(31,49)27-22-23(26(51-16(3)42)30(34(27,38)8)53-18(5)44)33(7)20(24(46)25(22)50-15(2)41)11-37(48)12-21(37)29(33)52-17(4)43/h14,20-23,25-31,48-49H,11-13H2,1-10H3/t14-,20-,21-,22+,23-,25-,26+,27+,28-,29+,30+,31+,33+,34-,35+,36-,37-,38+,39+,40+/m1/s1. The Bertz CT molecular complexity index is 1950. The van der Waals surface area contributed by atoms with Gasteiger partial charge in [0.05, 0.1) is 16.6 Å². The van der Waals surface area contributed by atoms with Crippen LogP contribution in [0.1, 0.15) is 88.5 Å². The van der Waals surface area contributed by atoms with E-state index in [1.54, 1.807) is 13.8 Å². The maximum Gasteiger partial charge on any atom is 0.353 e. The fourth-order valence-corrected chi connectivity index (χ4v) is 15.7. The quantitative estimate of drug-likeness (QED) is 0.228. The lowest BCUT2D eigenvalue weighted by Crippen LogP contribution is -2.76.